The van der Waals surface area contributed by atoms with Crippen LogP contribution >= 0.6 is 0 Å². The average Bonchev–Trinajstić information content (AvgIpc) is 2.82. The standard InChI is InChI=1S/C16H14O3S/c1-12-6-8-14(9-7-12)20(17,18)11-16-15-5-3-2-4-13(15)10-19-16/h2-9,11H,10H2,1H3/b16-11-. The third-order valence-electron chi connectivity index (χ3n) is 3.28. The minimum Gasteiger partial charge on any atom is -0.487 e. The van der Waals surface area contributed by atoms with Gasteiger partial charge in [-0.05, 0) is 19.1 Å². The Morgan fingerprint density at radius 2 is 1.75 bits per heavy atom. The molecular weight excluding hydrogens is 272 g/mol. The molecule has 0 saturated heterocycles. The molecule has 0 atom stereocenters. The van der Waals surface area contributed by atoms with Crippen LogP contribution in [0.3, 0.4) is 0 Å². The summed E-state index contributed by atoms with van der Waals surface area (Å²) in [7, 11) is -3.49. The van der Waals surface area contributed by atoms with Gasteiger partial charge in [0.25, 0.3) is 0 Å². The second-order valence-corrected chi connectivity index (χ2v) is 6.58. The van der Waals surface area contributed by atoms with E-state index in [1.807, 2.05) is 31.2 Å². The van der Waals surface area contributed by atoms with Gasteiger partial charge in [-0.1, -0.05) is 42.0 Å². The maximum atomic E-state index is 12.4. The van der Waals surface area contributed by atoms with Crippen LogP contribution in [0.2, 0.25) is 0 Å². The number of hydrogen-bond donors (Lipinski definition) is 0. The number of sulfone groups is 1. The van der Waals surface area contributed by atoms with Gasteiger partial charge in [0, 0.05) is 11.1 Å². The summed E-state index contributed by atoms with van der Waals surface area (Å²) < 4.78 is 30.2. The Balaban J connectivity index is 2.02. The molecule has 0 spiro atoms. The fourth-order valence-corrected chi connectivity index (χ4v) is 3.28. The summed E-state index contributed by atoms with van der Waals surface area (Å²) in [5, 5.41) is 1.21. The van der Waals surface area contributed by atoms with Crippen molar-refractivity contribution in [2.24, 2.45) is 0 Å². The van der Waals surface area contributed by atoms with Crippen LogP contribution < -0.4 is 0 Å². The lowest BCUT2D eigenvalue weighted by molar-refractivity contribution is 0.286. The highest BCUT2D eigenvalue weighted by molar-refractivity contribution is 7.94. The highest BCUT2D eigenvalue weighted by Crippen LogP contribution is 2.31. The largest absolute Gasteiger partial charge is 0.487 e. The van der Waals surface area contributed by atoms with Gasteiger partial charge in [0.1, 0.15) is 12.4 Å². The van der Waals surface area contributed by atoms with Crippen molar-refractivity contribution in [3.05, 3.63) is 70.6 Å². The van der Waals surface area contributed by atoms with E-state index in [-0.39, 0.29) is 4.90 Å². The van der Waals surface area contributed by atoms with Gasteiger partial charge >= 0.3 is 0 Å². The second kappa shape index (κ2) is 4.80. The quantitative estimate of drug-likeness (QED) is 0.850. The first-order chi connectivity index (χ1) is 9.56. The molecule has 1 aliphatic heterocycles. The van der Waals surface area contributed by atoms with Gasteiger partial charge in [-0.25, -0.2) is 8.42 Å². The summed E-state index contributed by atoms with van der Waals surface area (Å²) in [5.74, 6) is 0.418. The Kier molecular flexibility index (Phi) is 3.10. The number of fused-ring (bicyclic) bond motifs is 1. The summed E-state index contributed by atoms with van der Waals surface area (Å²) >= 11 is 0. The van der Waals surface area contributed by atoms with E-state index in [1.165, 1.54) is 5.41 Å². The zero-order valence-electron chi connectivity index (χ0n) is 11.0. The molecule has 0 aliphatic carbocycles. The van der Waals surface area contributed by atoms with Gasteiger partial charge in [-0.3, -0.25) is 0 Å². The monoisotopic (exact) mass is 286 g/mol. The zero-order chi connectivity index (χ0) is 14.2. The molecule has 3 nitrogen and oxygen atoms in total. The molecular formula is C16H14O3S. The van der Waals surface area contributed by atoms with Crippen LogP contribution in [0.15, 0.2) is 58.8 Å². The molecule has 0 aromatic heterocycles. The average molecular weight is 286 g/mol. The number of ether oxygens (including phenoxy) is 1. The summed E-state index contributed by atoms with van der Waals surface area (Å²) in [4.78, 5) is 0.281. The predicted molar refractivity (Wildman–Crippen MR) is 77.6 cm³/mol. The summed E-state index contributed by atoms with van der Waals surface area (Å²) in [6, 6.07) is 14.4. The molecule has 0 N–H and O–H groups in total. The van der Waals surface area contributed by atoms with Crippen LogP contribution in [0.25, 0.3) is 5.76 Å². The lowest BCUT2D eigenvalue weighted by Gasteiger charge is -2.03. The second-order valence-electron chi connectivity index (χ2n) is 4.79. The van der Waals surface area contributed by atoms with Crippen LogP contribution in [0.1, 0.15) is 16.7 Å². The van der Waals surface area contributed by atoms with Crippen LogP contribution in [0.5, 0.6) is 0 Å². The molecule has 3 rings (SSSR count). The van der Waals surface area contributed by atoms with E-state index in [2.05, 4.69) is 0 Å². The first-order valence-electron chi connectivity index (χ1n) is 6.31. The fraction of sp³-hybridized carbons (Fsp3) is 0.125. The van der Waals surface area contributed by atoms with E-state index < -0.39 is 9.84 Å². The smallest absolute Gasteiger partial charge is 0.203 e. The number of hydrogen-bond acceptors (Lipinski definition) is 3. The molecule has 0 bridgehead atoms. The highest BCUT2D eigenvalue weighted by Gasteiger charge is 2.21. The minimum atomic E-state index is -3.49. The van der Waals surface area contributed by atoms with Gasteiger partial charge in [-0.15, -0.1) is 0 Å². The third-order valence-corrected chi connectivity index (χ3v) is 4.73. The number of benzene rings is 2. The van der Waals surface area contributed by atoms with Crippen molar-refractivity contribution in [1.82, 2.24) is 0 Å². The molecule has 2 aromatic carbocycles. The van der Waals surface area contributed by atoms with Crippen LogP contribution in [-0.4, -0.2) is 8.42 Å². The maximum absolute atomic E-state index is 12.4. The molecule has 0 amide bonds. The van der Waals surface area contributed by atoms with E-state index in [9.17, 15) is 8.42 Å². The molecule has 102 valence electrons. The van der Waals surface area contributed by atoms with Gasteiger partial charge in [0.2, 0.25) is 9.84 Å². The molecule has 0 fully saturated rings. The van der Waals surface area contributed by atoms with Crippen molar-refractivity contribution in [3.8, 4) is 0 Å². The molecule has 0 radical (unpaired) electrons. The normalized spacial score (nSPS) is 15.9. The lowest BCUT2D eigenvalue weighted by Crippen LogP contribution is -1.98. The Morgan fingerprint density at radius 1 is 1.05 bits per heavy atom. The predicted octanol–water partition coefficient (Wildman–Crippen LogP) is 3.30. The van der Waals surface area contributed by atoms with Crippen LogP contribution in [0.4, 0.5) is 0 Å². The van der Waals surface area contributed by atoms with Crippen molar-refractivity contribution >= 4 is 15.6 Å². The van der Waals surface area contributed by atoms with Crippen LogP contribution in [0, 0.1) is 6.92 Å². The maximum Gasteiger partial charge on any atom is 0.203 e. The van der Waals surface area contributed by atoms with Gasteiger partial charge in [0.15, 0.2) is 0 Å². The van der Waals surface area contributed by atoms with Crippen molar-refractivity contribution in [2.45, 2.75) is 18.4 Å². The fourth-order valence-electron chi connectivity index (χ4n) is 2.15. The summed E-state index contributed by atoms with van der Waals surface area (Å²) in [6.07, 6.45) is 0. The molecule has 4 heteroatoms. The van der Waals surface area contributed by atoms with Crippen molar-refractivity contribution < 1.29 is 13.2 Å². The molecule has 1 heterocycles. The van der Waals surface area contributed by atoms with Crippen molar-refractivity contribution in [3.63, 3.8) is 0 Å². The van der Waals surface area contributed by atoms with E-state index in [1.54, 1.807) is 24.3 Å². The topological polar surface area (TPSA) is 43.4 Å². The molecule has 20 heavy (non-hydrogen) atoms. The van der Waals surface area contributed by atoms with Crippen molar-refractivity contribution in [2.75, 3.05) is 0 Å². The number of rotatable bonds is 2. The van der Waals surface area contributed by atoms with Gasteiger partial charge < -0.3 is 4.74 Å². The number of aryl methyl sites for hydroxylation is 1. The Bertz CT molecular complexity index is 772. The summed E-state index contributed by atoms with van der Waals surface area (Å²) in [6.45, 7) is 2.34. The Morgan fingerprint density at radius 3 is 2.50 bits per heavy atom. The lowest BCUT2D eigenvalue weighted by atomic mass is 10.1. The molecule has 0 saturated carbocycles. The zero-order valence-corrected chi connectivity index (χ0v) is 11.9. The van der Waals surface area contributed by atoms with E-state index >= 15 is 0 Å². The SMILES string of the molecule is Cc1ccc(S(=O)(=O)/C=C2\OCc3ccccc32)cc1. The van der Waals surface area contributed by atoms with Gasteiger partial charge in [-0.2, -0.15) is 0 Å². The van der Waals surface area contributed by atoms with Gasteiger partial charge in [0.05, 0.1) is 10.3 Å². The van der Waals surface area contributed by atoms with E-state index in [0.717, 1.165) is 16.7 Å². The molecule has 1 aliphatic rings. The Hall–Kier alpha value is -2.07. The van der Waals surface area contributed by atoms with E-state index in [0.29, 0.717) is 12.4 Å². The first-order valence-corrected chi connectivity index (χ1v) is 7.85. The first kappa shape index (κ1) is 12.9. The Labute approximate surface area is 118 Å². The molecule has 2 aromatic rings. The highest BCUT2D eigenvalue weighted by atomic mass is 32.2. The van der Waals surface area contributed by atoms with E-state index in [4.69, 9.17) is 4.74 Å². The van der Waals surface area contributed by atoms with Crippen LogP contribution in [-0.2, 0) is 21.2 Å². The third kappa shape index (κ3) is 2.34. The van der Waals surface area contributed by atoms with Crippen molar-refractivity contribution in [1.29, 1.82) is 0 Å². The summed E-state index contributed by atoms with van der Waals surface area (Å²) in [5.41, 5.74) is 2.89. The molecule has 0 unspecified atom stereocenters. The minimum absolute atomic E-state index is 0.281.